The van der Waals surface area contributed by atoms with Gasteiger partial charge in [-0.2, -0.15) is 0 Å². The Hall–Kier alpha value is -2.76. The number of nitrogens with two attached hydrogens (primary N) is 2. The molecule has 1 aliphatic heterocycles. The predicted molar refractivity (Wildman–Crippen MR) is 135 cm³/mol. The molecule has 0 aliphatic carbocycles. The van der Waals surface area contributed by atoms with Crippen LogP contribution in [0.5, 0.6) is 0 Å². The summed E-state index contributed by atoms with van der Waals surface area (Å²) in [7, 11) is 0. The molecule has 1 aliphatic rings. The second-order valence-corrected chi connectivity index (χ2v) is 9.66. The Labute approximate surface area is 195 Å². The van der Waals surface area contributed by atoms with Gasteiger partial charge in [-0.3, -0.25) is 0 Å². The van der Waals surface area contributed by atoms with Crippen molar-refractivity contribution in [2.45, 2.75) is 56.8 Å². The van der Waals surface area contributed by atoms with Crippen LogP contribution in [0.15, 0.2) is 84.9 Å². The molecule has 4 N–H and O–H groups in total. The van der Waals surface area contributed by atoms with Crippen molar-refractivity contribution < 1.29 is 9.47 Å². The van der Waals surface area contributed by atoms with Gasteiger partial charge in [-0.25, -0.2) is 0 Å². The molecule has 1 heterocycles. The fraction of sp³-hybridized carbons (Fsp3) is 0.310. The zero-order valence-corrected chi connectivity index (χ0v) is 19.3. The first-order valence-electron chi connectivity index (χ1n) is 11.7. The van der Waals surface area contributed by atoms with Gasteiger partial charge in [-0.1, -0.05) is 84.9 Å². The topological polar surface area (TPSA) is 70.5 Å². The van der Waals surface area contributed by atoms with Gasteiger partial charge >= 0.3 is 0 Å². The van der Waals surface area contributed by atoms with Crippen molar-refractivity contribution >= 4 is 21.5 Å². The molecule has 4 heteroatoms. The molecule has 170 valence electrons. The third kappa shape index (κ3) is 4.80. The molecule has 0 saturated carbocycles. The fourth-order valence-electron chi connectivity index (χ4n) is 4.99. The summed E-state index contributed by atoms with van der Waals surface area (Å²) in [5.41, 5.74) is 15.8. The van der Waals surface area contributed by atoms with Crippen LogP contribution in [0.2, 0.25) is 0 Å². The number of hydrogen-bond acceptors (Lipinski definition) is 4. The highest BCUT2D eigenvalue weighted by Gasteiger charge is 2.46. The average Bonchev–Trinajstić information content (AvgIpc) is 3.15. The molecule has 33 heavy (non-hydrogen) atoms. The number of ether oxygens (including phenoxy) is 2. The Morgan fingerprint density at radius 2 is 1.03 bits per heavy atom. The lowest BCUT2D eigenvalue weighted by Gasteiger charge is -2.27. The second kappa shape index (κ2) is 8.88. The highest BCUT2D eigenvalue weighted by Crippen LogP contribution is 2.33. The highest BCUT2D eigenvalue weighted by atomic mass is 16.8. The molecular formula is C29H32N2O2. The first-order chi connectivity index (χ1) is 15.9. The minimum atomic E-state index is -0.711. The Bertz CT molecular complexity index is 1170. The van der Waals surface area contributed by atoms with Crippen molar-refractivity contribution in [2.24, 2.45) is 11.5 Å². The Morgan fingerprint density at radius 1 is 0.636 bits per heavy atom. The number of benzene rings is 4. The minimum absolute atomic E-state index is 0.222. The first-order valence-corrected chi connectivity index (χ1v) is 11.7. The highest BCUT2D eigenvalue weighted by molar-refractivity contribution is 5.83. The maximum absolute atomic E-state index is 6.71. The molecule has 0 radical (unpaired) electrons. The first kappa shape index (κ1) is 22.1. The summed E-state index contributed by atoms with van der Waals surface area (Å²) in [6.07, 6.45) is 0.853. The predicted octanol–water partition coefficient (Wildman–Crippen LogP) is 4.95. The maximum atomic E-state index is 6.71. The lowest BCUT2D eigenvalue weighted by molar-refractivity contribution is -0.149. The maximum Gasteiger partial charge on any atom is 0.163 e. The lowest BCUT2D eigenvalue weighted by Crippen LogP contribution is -2.51. The SMILES string of the molecule is CC1(C)O[C@@H]([C@H](N)Cc2ccc3ccccc3c2)[C@H]([C@H](N)Cc2ccc3ccccc3c2)O1. The third-order valence-electron chi connectivity index (χ3n) is 6.58. The summed E-state index contributed by atoms with van der Waals surface area (Å²) in [6, 6.07) is 29.3. The van der Waals surface area contributed by atoms with Crippen LogP contribution in [0.4, 0.5) is 0 Å². The third-order valence-corrected chi connectivity index (χ3v) is 6.58. The van der Waals surface area contributed by atoms with Crippen molar-refractivity contribution in [1.82, 2.24) is 0 Å². The molecular weight excluding hydrogens is 408 g/mol. The quantitative estimate of drug-likeness (QED) is 0.445. The molecule has 4 aromatic carbocycles. The summed E-state index contributed by atoms with van der Waals surface area (Å²) in [5.74, 6) is -0.711. The molecule has 0 spiro atoms. The van der Waals surface area contributed by atoms with Crippen molar-refractivity contribution in [1.29, 1.82) is 0 Å². The summed E-state index contributed by atoms with van der Waals surface area (Å²) in [5, 5.41) is 4.89. The minimum Gasteiger partial charge on any atom is -0.343 e. The molecule has 0 aromatic heterocycles. The van der Waals surface area contributed by atoms with Crippen LogP contribution in [-0.4, -0.2) is 30.1 Å². The molecule has 4 atom stereocenters. The van der Waals surface area contributed by atoms with Crippen molar-refractivity contribution in [3.05, 3.63) is 96.1 Å². The van der Waals surface area contributed by atoms with Gasteiger partial charge in [0, 0.05) is 12.1 Å². The number of fused-ring (bicyclic) bond motifs is 2. The van der Waals surface area contributed by atoms with Gasteiger partial charge in [0.2, 0.25) is 0 Å². The van der Waals surface area contributed by atoms with E-state index in [1.807, 2.05) is 13.8 Å². The van der Waals surface area contributed by atoms with E-state index in [4.69, 9.17) is 20.9 Å². The zero-order valence-electron chi connectivity index (χ0n) is 19.3. The van der Waals surface area contributed by atoms with Crippen LogP contribution < -0.4 is 11.5 Å². The van der Waals surface area contributed by atoms with Gasteiger partial charge in [0.1, 0.15) is 12.2 Å². The van der Waals surface area contributed by atoms with E-state index in [0.717, 1.165) is 0 Å². The molecule has 0 unspecified atom stereocenters. The van der Waals surface area contributed by atoms with E-state index in [2.05, 4.69) is 84.9 Å². The molecule has 1 fully saturated rings. The summed E-state index contributed by atoms with van der Waals surface area (Å²) >= 11 is 0. The number of rotatable bonds is 6. The molecule has 4 nitrogen and oxygen atoms in total. The van der Waals surface area contributed by atoms with E-state index in [1.165, 1.54) is 32.7 Å². The largest absolute Gasteiger partial charge is 0.343 e. The van der Waals surface area contributed by atoms with Crippen molar-refractivity contribution in [3.8, 4) is 0 Å². The van der Waals surface area contributed by atoms with Crippen LogP contribution >= 0.6 is 0 Å². The molecule has 1 saturated heterocycles. The molecule has 4 aromatic rings. The van der Waals surface area contributed by atoms with Gasteiger partial charge in [0.25, 0.3) is 0 Å². The van der Waals surface area contributed by atoms with Gasteiger partial charge < -0.3 is 20.9 Å². The van der Waals surface area contributed by atoms with Crippen LogP contribution in [0, 0.1) is 0 Å². The van der Waals surface area contributed by atoms with E-state index in [9.17, 15) is 0 Å². The summed E-state index contributed by atoms with van der Waals surface area (Å²) in [6.45, 7) is 3.87. The Kier molecular flexibility index (Phi) is 5.94. The van der Waals surface area contributed by atoms with E-state index in [-0.39, 0.29) is 24.3 Å². The van der Waals surface area contributed by atoms with E-state index in [1.54, 1.807) is 0 Å². The van der Waals surface area contributed by atoms with Gasteiger partial charge in [0.05, 0.1) is 0 Å². The van der Waals surface area contributed by atoms with Gasteiger partial charge in [-0.05, 0) is 59.4 Å². The molecule has 0 bridgehead atoms. The van der Waals surface area contributed by atoms with E-state index in [0.29, 0.717) is 12.8 Å². The summed E-state index contributed by atoms with van der Waals surface area (Å²) < 4.78 is 12.6. The number of hydrogen-bond donors (Lipinski definition) is 2. The standard InChI is InChI=1S/C29H32N2O2/c1-29(2)32-27(25(30)17-19-11-13-21-7-3-5-9-23(21)15-19)28(33-29)26(31)18-20-12-14-22-8-4-6-10-24(22)16-20/h3-16,25-28H,17-18,30-31H2,1-2H3/t25-,26-,27+,28+/m1/s1. The van der Waals surface area contributed by atoms with Crippen LogP contribution in [0.3, 0.4) is 0 Å². The fourth-order valence-corrected chi connectivity index (χ4v) is 4.99. The van der Waals surface area contributed by atoms with Crippen molar-refractivity contribution in [3.63, 3.8) is 0 Å². The second-order valence-electron chi connectivity index (χ2n) is 9.66. The van der Waals surface area contributed by atoms with Crippen LogP contribution in [0.25, 0.3) is 21.5 Å². The Balaban J connectivity index is 1.33. The lowest BCUT2D eigenvalue weighted by atomic mass is 9.91. The van der Waals surface area contributed by atoms with Crippen LogP contribution in [-0.2, 0) is 22.3 Å². The smallest absolute Gasteiger partial charge is 0.163 e. The normalized spacial score (nSPS) is 21.9. The van der Waals surface area contributed by atoms with E-state index >= 15 is 0 Å². The van der Waals surface area contributed by atoms with Gasteiger partial charge in [0.15, 0.2) is 5.79 Å². The van der Waals surface area contributed by atoms with E-state index < -0.39 is 5.79 Å². The molecule has 0 amide bonds. The monoisotopic (exact) mass is 440 g/mol. The van der Waals surface area contributed by atoms with Crippen LogP contribution in [0.1, 0.15) is 25.0 Å². The zero-order chi connectivity index (χ0) is 23.0. The van der Waals surface area contributed by atoms with Gasteiger partial charge in [-0.15, -0.1) is 0 Å². The Morgan fingerprint density at radius 3 is 1.45 bits per heavy atom. The van der Waals surface area contributed by atoms with Crippen molar-refractivity contribution in [2.75, 3.05) is 0 Å². The summed E-state index contributed by atoms with van der Waals surface area (Å²) in [4.78, 5) is 0. The molecule has 5 rings (SSSR count). The average molecular weight is 441 g/mol.